The molecule has 0 unspecified atom stereocenters. The van der Waals surface area contributed by atoms with E-state index in [4.69, 9.17) is 4.74 Å². The molecule has 1 nitrogen and oxygen atoms in total. The fraction of sp³-hybridized carbons (Fsp3) is 0.739. The average Bonchev–Trinajstić information content (AvgIpc) is 2.62. The second kappa shape index (κ2) is 18.4. The molecule has 0 bridgehead atoms. The highest BCUT2D eigenvalue weighted by molar-refractivity contribution is 5.51. The van der Waals surface area contributed by atoms with E-state index in [-0.39, 0.29) is 5.41 Å². The molecular weight excluding hydrogens is 292 g/mol. The lowest BCUT2D eigenvalue weighted by Gasteiger charge is -2.26. The van der Waals surface area contributed by atoms with Gasteiger partial charge in [0.25, 0.3) is 0 Å². The van der Waals surface area contributed by atoms with Crippen molar-refractivity contribution in [2.45, 2.75) is 109 Å². The van der Waals surface area contributed by atoms with Crippen LogP contribution in [-0.4, -0.2) is 7.11 Å². The summed E-state index contributed by atoms with van der Waals surface area (Å²) in [6, 6.07) is 2.27. The van der Waals surface area contributed by atoms with E-state index in [9.17, 15) is 0 Å². The molecule has 0 saturated carbocycles. The molecule has 0 fully saturated rings. The molecule has 0 radical (unpaired) electrons. The largest absolute Gasteiger partial charge is 0.496 e. The first kappa shape index (κ1) is 30.9. The Labute approximate surface area is 155 Å². The SMILES string of the molecule is CC.CC.CC.CC.CCc1c(C)c(C(C)(C)C)cc(C)c1OC. The second-order valence-electron chi connectivity index (χ2n) is 5.48. The average molecular weight is 341 g/mol. The molecule has 0 N–H and O–H groups in total. The lowest BCUT2D eigenvalue weighted by atomic mass is 9.81. The third-order valence-electron chi connectivity index (χ3n) is 3.22. The Balaban J connectivity index is -0.000000218. The summed E-state index contributed by atoms with van der Waals surface area (Å²) in [7, 11) is 1.76. The van der Waals surface area contributed by atoms with E-state index in [1.54, 1.807) is 7.11 Å². The Morgan fingerprint density at radius 3 is 1.46 bits per heavy atom. The van der Waals surface area contributed by atoms with Crippen LogP contribution in [0.1, 0.15) is 105 Å². The summed E-state index contributed by atoms with van der Waals surface area (Å²) in [5.74, 6) is 1.06. The highest BCUT2D eigenvalue weighted by atomic mass is 16.5. The predicted octanol–water partition coefficient (Wildman–Crippen LogP) is 8.28. The van der Waals surface area contributed by atoms with Gasteiger partial charge in [0.1, 0.15) is 5.75 Å². The summed E-state index contributed by atoms with van der Waals surface area (Å²) in [6.07, 6.45) is 1.03. The van der Waals surface area contributed by atoms with Crippen LogP contribution >= 0.6 is 0 Å². The summed E-state index contributed by atoms with van der Waals surface area (Å²) >= 11 is 0. The van der Waals surface area contributed by atoms with Gasteiger partial charge in [-0.3, -0.25) is 0 Å². The smallest absolute Gasteiger partial charge is 0.125 e. The molecule has 1 rings (SSSR count). The van der Waals surface area contributed by atoms with Crippen LogP contribution in [0, 0.1) is 13.8 Å². The van der Waals surface area contributed by atoms with Crippen molar-refractivity contribution < 1.29 is 4.74 Å². The number of ether oxygens (including phenoxy) is 1. The minimum Gasteiger partial charge on any atom is -0.496 e. The maximum atomic E-state index is 5.52. The monoisotopic (exact) mass is 340 g/mol. The summed E-state index contributed by atoms with van der Waals surface area (Å²) in [4.78, 5) is 0. The van der Waals surface area contributed by atoms with Crippen LogP contribution in [0.4, 0.5) is 0 Å². The highest BCUT2D eigenvalue weighted by Crippen LogP contribution is 2.35. The third kappa shape index (κ3) is 10.0. The van der Waals surface area contributed by atoms with E-state index in [1.807, 2.05) is 55.4 Å². The van der Waals surface area contributed by atoms with Crippen LogP contribution in [0.5, 0.6) is 5.75 Å². The van der Waals surface area contributed by atoms with Crippen molar-refractivity contribution in [3.8, 4) is 5.75 Å². The van der Waals surface area contributed by atoms with Gasteiger partial charge in [0, 0.05) is 0 Å². The lowest BCUT2D eigenvalue weighted by Crippen LogP contribution is -2.15. The Kier molecular flexibility index (Phi) is 23.6. The Morgan fingerprint density at radius 2 is 1.21 bits per heavy atom. The van der Waals surface area contributed by atoms with Gasteiger partial charge >= 0.3 is 0 Å². The molecule has 0 aliphatic carbocycles. The van der Waals surface area contributed by atoms with Crippen LogP contribution in [0.3, 0.4) is 0 Å². The summed E-state index contributed by atoms with van der Waals surface area (Å²) in [5.41, 5.74) is 5.62. The van der Waals surface area contributed by atoms with Crippen molar-refractivity contribution in [3.63, 3.8) is 0 Å². The fourth-order valence-corrected chi connectivity index (χ4v) is 2.45. The van der Waals surface area contributed by atoms with Crippen LogP contribution in [-0.2, 0) is 11.8 Å². The minimum atomic E-state index is 0.199. The van der Waals surface area contributed by atoms with Crippen molar-refractivity contribution in [1.82, 2.24) is 0 Å². The molecule has 0 heterocycles. The van der Waals surface area contributed by atoms with Crippen molar-refractivity contribution in [3.05, 3.63) is 28.3 Å². The zero-order valence-corrected chi connectivity index (χ0v) is 19.7. The summed E-state index contributed by atoms with van der Waals surface area (Å²) in [6.45, 7) is 29.3. The number of hydrogen-bond donors (Lipinski definition) is 0. The van der Waals surface area contributed by atoms with Crippen LogP contribution in [0.2, 0.25) is 0 Å². The molecule has 1 heteroatoms. The van der Waals surface area contributed by atoms with Crippen molar-refractivity contribution in [2.24, 2.45) is 0 Å². The number of hydrogen-bond acceptors (Lipinski definition) is 1. The first-order chi connectivity index (χ1) is 11.3. The lowest BCUT2D eigenvalue weighted by molar-refractivity contribution is 0.405. The number of rotatable bonds is 2. The molecule has 24 heavy (non-hydrogen) atoms. The van der Waals surface area contributed by atoms with E-state index in [0.717, 1.165) is 12.2 Å². The molecule has 1 aromatic rings. The summed E-state index contributed by atoms with van der Waals surface area (Å²) < 4.78 is 5.52. The molecule has 0 aromatic heterocycles. The molecule has 0 saturated heterocycles. The third-order valence-corrected chi connectivity index (χ3v) is 3.22. The minimum absolute atomic E-state index is 0.199. The van der Waals surface area contributed by atoms with Gasteiger partial charge in [0.15, 0.2) is 0 Å². The van der Waals surface area contributed by atoms with Gasteiger partial charge < -0.3 is 4.74 Å². The standard InChI is InChI=1S/C15H24O.4C2H6/c1-8-12-11(3)13(15(4,5)6)9-10(2)14(12)16-7;4*1-2/h9H,8H2,1-7H3;4*1-2H3. The van der Waals surface area contributed by atoms with Crippen molar-refractivity contribution in [1.29, 1.82) is 0 Å². The zero-order chi connectivity index (χ0) is 20.5. The maximum Gasteiger partial charge on any atom is 0.125 e. The van der Waals surface area contributed by atoms with E-state index in [2.05, 4.69) is 47.6 Å². The van der Waals surface area contributed by atoms with Crippen molar-refractivity contribution >= 4 is 0 Å². The van der Waals surface area contributed by atoms with Gasteiger partial charge in [-0.25, -0.2) is 0 Å². The van der Waals surface area contributed by atoms with Crippen molar-refractivity contribution in [2.75, 3.05) is 7.11 Å². The Morgan fingerprint density at radius 1 is 0.833 bits per heavy atom. The van der Waals surface area contributed by atoms with Gasteiger partial charge in [-0.15, -0.1) is 0 Å². The summed E-state index contributed by atoms with van der Waals surface area (Å²) in [5, 5.41) is 0. The normalized spacial score (nSPS) is 8.79. The first-order valence-electron chi connectivity index (χ1n) is 10.0. The fourth-order valence-electron chi connectivity index (χ4n) is 2.45. The van der Waals surface area contributed by atoms with E-state index in [0.29, 0.717) is 0 Å². The molecular formula is C23H48O. The molecule has 0 atom stereocenters. The van der Waals surface area contributed by atoms with E-state index >= 15 is 0 Å². The molecule has 0 aliphatic rings. The maximum absolute atomic E-state index is 5.52. The van der Waals surface area contributed by atoms with Crippen LogP contribution < -0.4 is 4.74 Å². The van der Waals surface area contributed by atoms with E-state index in [1.165, 1.54) is 22.3 Å². The molecule has 0 spiro atoms. The first-order valence-corrected chi connectivity index (χ1v) is 10.0. The number of benzene rings is 1. The topological polar surface area (TPSA) is 9.23 Å². The molecule has 0 amide bonds. The quantitative estimate of drug-likeness (QED) is 0.526. The van der Waals surface area contributed by atoms with Crippen LogP contribution in [0.25, 0.3) is 0 Å². The van der Waals surface area contributed by atoms with Gasteiger partial charge in [0.05, 0.1) is 7.11 Å². The van der Waals surface area contributed by atoms with Gasteiger partial charge in [-0.05, 0) is 47.9 Å². The zero-order valence-electron chi connectivity index (χ0n) is 19.7. The second-order valence-corrected chi connectivity index (χ2v) is 5.48. The van der Waals surface area contributed by atoms with Gasteiger partial charge in [-0.1, -0.05) is 89.2 Å². The molecule has 1 aromatic carbocycles. The van der Waals surface area contributed by atoms with E-state index < -0.39 is 0 Å². The number of aryl methyl sites for hydroxylation is 1. The highest BCUT2D eigenvalue weighted by Gasteiger charge is 2.21. The molecule has 146 valence electrons. The molecule has 0 aliphatic heterocycles. The van der Waals surface area contributed by atoms with Gasteiger partial charge in [0.2, 0.25) is 0 Å². The van der Waals surface area contributed by atoms with Crippen LogP contribution in [0.15, 0.2) is 6.07 Å². The predicted molar refractivity (Wildman–Crippen MR) is 116 cm³/mol. The van der Waals surface area contributed by atoms with Gasteiger partial charge in [-0.2, -0.15) is 0 Å². The Bertz CT molecular complexity index is 384. The number of methoxy groups -OCH3 is 1. The Hall–Kier alpha value is -0.980.